The average Bonchev–Trinajstić information content (AvgIpc) is 3.55. The summed E-state index contributed by atoms with van der Waals surface area (Å²) in [7, 11) is 1.81. The van der Waals surface area contributed by atoms with Crippen molar-refractivity contribution < 1.29 is 4.79 Å². The molecule has 0 fully saturated rings. The van der Waals surface area contributed by atoms with Crippen LogP contribution >= 0.6 is 34.4 Å². The number of nitrogens with one attached hydrogen (secondary N) is 1. The fourth-order valence-electron chi connectivity index (χ4n) is 2.85. The van der Waals surface area contributed by atoms with Gasteiger partial charge >= 0.3 is 0 Å². The van der Waals surface area contributed by atoms with Crippen LogP contribution in [-0.2, 0) is 17.8 Å². The van der Waals surface area contributed by atoms with E-state index >= 15 is 0 Å². The van der Waals surface area contributed by atoms with E-state index in [1.807, 2.05) is 41.2 Å². The van der Waals surface area contributed by atoms with Gasteiger partial charge in [-0.15, -0.1) is 21.5 Å². The van der Waals surface area contributed by atoms with Crippen LogP contribution in [0.25, 0.3) is 5.69 Å². The van der Waals surface area contributed by atoms with Crippen LogP contribution in [0, 0.1) is 0 Å². The molecule has 0 spiro atoms. The summed E-state index contributed by atoms with van der Waals surface area (Å²) >= 11 is 4.65. The van der Waals surface area contributed by atoms with Crippen LogP contribution in [0.4, 0.5) is 5.13 Å². The van der Waals surface area contributed by atoms with Gasteiger partial charge in [0.05, 0.1) is 17.6 Å². The molecule has 1 N–H and O–H groups in total. The van der Waals surface area contributed by atoms with E-state index in [1.54, 1.807) is 29.5 Å². The van der Waals surface area contributed by atoms with Gasteiger partial charge in [0, 0.05) is 36.8 Å². The van der Waals surface area contributed by atoms with E-state index in [0.29, 0.717) is 12.3 Å². The molecule has 3 heterocycles. The van der Waals surface area contributed by atoms with Gasteiger partial charge in [-0.1, -0.05) is 47.4 Å². The lowest BCUT2D eigenvalue weighted by Crippen LogP contribution is -2.27. The van der Waals surface area contributed by atoms with Crippen molar-refractivity contribution in [2.45, 2.75) is 17.3 Å². The van der Waals surface area contributed by atoms with E-state index in [4.69, 9.17) is 0 Å². The van der Waals surface area contributed by atoms with Crippen molar-refractivity contribution in [1.29, 1.82) is 0 Å². The lowest BCUT2D eigenvalue weighted by molar-refractivity contribution is -0.127. The van der Waals surface area contributed by atoms with Crippen molar-refractivity contribution in [2.75, 3.05) is 24.7 Å². The van der Waals surface area contributed by atoms with E-state index in [9.17, 15) is 4.79 Å². The van der Waals surface area contributed by atoms with Gasteiger partial charge in [0.15, 0.2) is 4.34 Å². The van der Waals surface area contributed by atoms with Gasteiger partial charge in [0.2, 0.25) is 11.0 Å². The number of para-hydroxylation sites is 1. The van der Waals surface area contributed by atoms with Gasteiger partial charge in [-0.25, -0.2) is 4.68 Å². The molecule has 1 aromatic carbocycles. The van der Waals surface area contributed by atoms with Crippen LogP contribution in [0.3, 0.4) is 0 Å². The van der Waals surface area contributed by atoms with Gasteiger partial charge < -0.3 is 10.2 Å². The van der Waals surface area contributed by atoms with Crippen LogP contribution in [-0.4, -0.2) is 50.1 Å². The Morgan fingerprint density at radius 2 is 2.06 bits per heavy atom. The number of nitrogens with zero attached hydrogens (tertiary/aromatic N) is 5. The summed E-state index contributed by atoms with van der Waals surface area (Å²) in [5.41, 5.74) is 1.98. The second-order valence-electron chi connectivity index (χ2n) is 6.80. The molecule has 0 saturated carbocycles. The number of benzene rings is 1. The molecule has 1 amide bonds. The van der Waals surface area contributed by atoms with Crippen LogP contribution < -0.4 is 5.32 Å². The molecule has 0 atom stereocenters. The second-order valence-corrected chi connectivity index (χ2v) is 10.0. The topological polar surface area (TPSA) is 75.9 Å². The monoisotopic (exact) mass is 470 g/mol. The number of anilines is 1. The molecular formula is C21H22N6OS3. The van der Waals surface area contributed by atoms with Gasteiger partial charge in [0.25, 0.3) is 0 Å². The van der Waals surface area contributed by atoms with Gasteiger partial charge in [0.1, 0.15) is 0 Å². The number of hydrogen-bond donors (Lipinski definition) is 1. The lowest BCUT2D eigenvalue weighted by Gasteiger charge is -2.15. The highest BCUT2D eigenvalue weighted by Crippen LogP contribution is 2.26. The van der Waals surface area contributed by atoms with Crippen molar-refractivity contribution in [3.63, 3.8) is 0 Å². The van der Waals surface area contributed by atoms with E-state index in [2.05, 4.69) is 38.1 Å². The third-order valence-corrected chi connectivity index (χ3v) is 7.39. The molecule has 0 unspecified atom stereocenters. The maximum Gasteiger partial charge on any atom is 0.233 e. The average molecular weight is 471 g/mol. The highest BCUT2D eigenvalue weighted by molar-refractivity contribution is 8.01. The van der Waals surface area contributed by atoms with Gasteiger partial charge in [-0.05, 0) is 30.0 Å². The summed E-state index contributed by atoms with van der Waals surface area (Å²) in [6.07, 6.45) is 4.71. The number of carbonyl (C=O) groups excluding carboxylic acids is 1. The minimum absolute atomic E-state index is 0.0415. The van der Waals surface area contributed by atoms with Gasteiger partial charge in [-0.3, -0.25) is 4.79 Å². The van der Waals surface area contributed by atoms with E-state index in [-0.39, 0.29) is 5.91 Å². The number of amides is 1. The Kier molecular flexibility index (Phi) is 7.34. The zero-order valence-electron chi connectivity index (χ0n) is 17.0. The highest BCUT2D eigenvalue weighted by Gasteiger charge is 2.13. The molecule has 0 bridgehead atoms. The molecule has 0 saturated heterocycles. The maximum absolute atomic E-state index is 12.5. The highest BCUT2D eigenvalue weighted by atomic mass is 32.2. The molecule has 0 aliphatic carbocycles. The fraction of sp³-hybridized carbons (Fsp3) is 0.238. The first-order valence-electron chi connectivity index (χ1n) is 9.73. The first-order valence-corrected chi connectivity index (χ1v) is 12.4. The summed E-state index contributed by atoms with van der Waals surface area (Å²) < 4.78 is 2.61. The number of hydrogen-bond acceptors (Lipinski definition) is 8. The van der Waals surface area contributed by atoms with Crippen molar-refractivity contribution in [3.8, 4) is 5.69 Å². The summed E-state index contributed by atoms with van der Waals surface area (Å²) in [4.78, 5) is 15.6. The quantitative estimate of drug-likeness (QED) is 0.350. The van der Waals surface area contributed by atoms with Crippen LogP contribution in [0.1, 0.15) is 10.4 Å². The third kappa shape index (κ3) is 6.16. The molecule has 0 aliphatic heterocycles. The van der Waals surface area contributed by atoms with Crippen molar-refractivity contribution >= 4 is 45.5 Å². The molecule has 160 valence electrons. The Morgan fingerprint density at radius 3 is 2.87 bits per heavy atom. The Bertz CT molecular complexity index is 1090. The summed E-state index contributed by atoms with van der Waals surface area (Å²) in [6.45, 7) is 1.33. The number of thiophene rings is 1. The maximum atomic E-state index is 12.5. The minimum Gasteiger partial charge on any atom is -0.360 e. The Balaban J connectivity index is 1.21. The second kappa shape index (κ2) is 10.6. The standard InChI is InChI=1S/C21H22N6OS3/c1-26(13-16-12-23-27(14-16)17-6-3-2-4-7-17)19(28)15-30-21-25-24-20(31-21)22-10-9-18-8-5-11-29-18/h2-8,11-12,14H,9-10,13,15H2,1H3,(H,22,24). The largest absolute Gasteiger partial charge is 0.360 e. The molecule has 3 aromatic heterocycles. The predicted molar refractivity (Wildman–Crippen MR) is 127 cm³/mol. The SMILES string of the molecule is CN(Cc1cnn(-c2ccccc2)c1)C(=O)CSc1nnc(NCCc2cccs2)s1. The molecule has 4 aromatic rings. The number of thioether (sulfide) groups is 1. The zero-order valence-corrected chi connectivity index (χ0v) is 19.4. The summed E-state index contributed by atoms with van der Waals surface area (Å²) in [6, 6.07) is 14.1. The van der Waals surface area contributed by atoms with Crippen molar-refractivity contribution in [1.82, 2.24) is 24.9 Å². The molecule has 10 heteroatoms. The Hall–Kier alpha value is -2.69. The predicted octanol–water partition coefficient (Wildman–Crippen LogP) is 4.19. The normalized spacial score (nSPS) is 10.9. The molecule has 4 rings (SSSR count). The van der Waals surface area contributed by atoms with Gasteiger partial charge in [-0.2, -0.15) is 5.10 Å². The number of aromatic nitrogens is 4. The first kappa shape index (κ1) is 21.5. The van der Waals surface area contributed by atoms with Crippen LogP contribution in [0.2, 0.25) is 0 Å². The number of carbonyl (C=O) groups is 1. The fourth-order valence-corrected chi connectivity index (χ4v) is 5.27. The number of rotatable bonds is 10. The molecule has 7 nitrogen and oxygen atoms in total. The van der Waals surface area contributed by atoms with Crippen molar-refractivity contribution in [2.24, 2.45) is 0 Å². The van der Waals surface area contributed by atoms with Crippen molar-refractivity contribution in [3.05, 3.63) is 70.7 Å². The van der Waals surface area contributed by atoms with E-state index in [0.717, 1.165) is 33.7 Å². The molecule has 0 aliphatic rings. The molecular weight excluding hydrogens is 448 g/mol. The summed E-state index contributed by atoms with van der Waals surface area (Å²) in [5.74, 6) is 0.368. The van der Waals surface area contributed by atoms with Crippen LogP contribution in [0.15, 0.2) is 64.6 Å². The minimum atomic E-state index is 0.0415. The van der Waals surface area contributed by atoms with Crippen LogP contribution in [0.5, 0.6) is 0 Å². The first-order chi connectivity index (χ1) is 15.2. The zero-order chi connectivity index (χ0) is 21.5. The third-order valence-electron chi connectivity index (χ3n) is 4.46. The Labute approximate surface area is 193 Å². The summed E-state index contributed by atoms with van der Waals surface area (Å²) in [5, 5.41) is 18.9. The van der Waals surface area contributed by atoms with E-state index < -0.39 is 0 Å². The lowest BCUT2D eigenvalue weighted by atomic mass is 10.3. The smallest absolute Gasteiger partial charge is 0.233 e. The molecule has 31 heavy (non-hydrogen) atoms. The molecule has 0 radical (unpaired) electrons. The van der Waals surface area contributed by atoms with E-state index in [1.165, 1.54) is 28.0 Å². The Morgan fingerprint density at radius 1 is 1.19 bits per heavy atom.